The van der Waals surface area contributed by atoms with Gasteiger partial charge in [-0.05, 0) is 18.6 Å². The fraction of sp³-hybridized carbons (Fsp3) is 0.400. The molecule has 1 aromatic carbocycles. The summed E-state index contributed by atoms with van der Waals surface area (Å²) >= 11 is 0. The first kappa shape index (κ1) is 16.5. The Hall–Kier alpha value is -2.98. The number of hydrogen-bond acceptors (Lipinski definition) is 5. The van der Waals surface area contributed by atoms with Crippen LogP contribution in [0.15, 0.2) is 24.3 Å². The van der Waals surface area contributed by atoms with Gasteiger partial charge in [-0.25, -0.2) is 9.36 Å². The van der Waals surface area contributed by atoms with Crippen molar-refractivity contribution in [1.82, 2.24) is 29.8 Å². The van der Waals surface area contributed by atoms with Gasteiger partial charge in [-0.3, -0.25) is 10.1 Å². The fourth-order valence-corrected chi connectivity index (χ4v) is 3.20. The lowest BCUT2D eigenvalue weighted by Crippen LogP contribution is -2.30. The molecule has 0 aliphatic carbocycles. The van der Waals surface area contributed by atoms with E-state index < -0.39 is 12.1 Å². The van der Waals surface area contributed by atoms with Crippen LogP contribution in [-0.2, 0) is 11.3 Å². The van der Waals surface area contributed by atoms with Crippen molar-refractivity contribution >= 4 is 22.9 Å². The van der Waals surface area contributed by atoms with Crippen LogP contribution < -0.4 is 5.32 Å². The maximum absolute atomic E-state index is 12.4. The molecule has 0 spiro atoms. The van der Waals surface area contributed by atoms with Crippen molar-refractivity contribution in [1.29, 1.82) is 0 Å². The molecule has 1 aliphatic heterocycles. The van der Waals surface area contributed by atoms with Crippen LogP contribution in [0.3, 0.4) is 0 Å². The highest BCUT2D eigenvalue weighted by molar-refractivity contribution is 5.93. The van der Waals surface area contributed by atoms with Crippen molar-refractivity contribution < 1.29 is 18.0 Å². The number of carbonyl (C=O) groups is 1. The molecule has 2 unspecified atom stereocenters. The Balaban J connectivity index is 1.61. The first-order chi connectivity index (χ1) is 12.3. The number of alkyl halides is 3. The number of halogens is 3. The fourth-order valence-electron chi connectivity index (χ4n) is 3.20. The zero-order valence-corrected chi connectivity index (χ0v) is 13.6. The molecule has 0 saturated carbocycles. The first-order valence-corrected chi connectivity index (χ1v) is 7.96. The molecule has 1 N–H and O–H groups in total. The molecule has 8 nitrogen and oxygen atoms in total. The summed E-state index contributed by atoms with van der Waals surface area (Å²) in [6.07, 6.45) is -4.31. The van der Waals surface area contributed by atoms with Crippen molar-refractivity contribution in [2.24, 2.45) is 0 Å². The first-order valence-electron chi connectivity index (χ1n) is 7.96. The van der Waals surface area contributed by atoms with E-state index in [-0.39, 0.29) is 17.9 Å². The smallest absolute Gasteiger partial charge is 0.285 e. The highest BCUT2D eigenvalue weighted by Gasteiger charge is 2.40. The van der Waals surface area contributed by atoms with Gasteiger partial charge in [0.25, 0.3) is 0 Å². The number of para-hydroxylation sites is 1. The molecule has 1 amide bonds. The third-order valence-corrected chi connectivity index (χ3v) is 4.36. The van der Waals surface area contributed by atoms with Crippen LogP contribution in [0.1, 0.15) is 31.1 Å². The Bertz CT molecular complexity index is 977. The zero-order chi connectivity index (χ0) is 18.5. The minimum Gasteiger partial charge on any atom is -0.285 e. The second kappa shape index (κ2) is 5.78. The Morgan fingerprint density at radius 3 is 2.85 bits per heavy atom. The lowest BCUT2D eigenvalue weighted by atomic mass is 9.97. The van der Waals surface area contributed by atoms with Gasteiger partial charge in [-0.15, -0.1) is 10.2 Å². The number of nitrogens with zero attached hydrogens (tertiary/aromatic N) is 6. The molecule has 136 valence electrons. The topological polar surface area (TPSA) is 90.5 Å². The van der Waals surface area contributed by atoms with E-state index in [0.717, 1.165) is 11.0 Å². The summed E-state index contributed by atoms with van der Waals surface area (Å²) in [6, 6.07) is 7.45. The molecule has 0 fully saturated rings. The molecule has 2 aromatic heterocycles. The number of hydrogen-bond donors (Lipinski definition) is 1. The number of carbonyl (C=O) groups excluding carboxylic acids is 1. The third-order valence-electron chi connectivity index (χ3n) is 4.36. The van der Waals surface area contributed by atoms with Gasteiger partial charge in [-0.1, -0.05) is 24.3 Å². The van der Waals surface area contributed by atoms with E-state index >= 15 is 0 Å². The van der Waals surface area contributed by atoms with Crippen LogP contribution in [0, 0.1) is 0 Å². The van der Waals surface area contributed by atoms with Crippen LogP contribution in [0.5, 0.6) is 0 Å². The van der Waals surface area contributed by atoms with Crippen LogP contribution in [0.2, 0.25) is 0 Å². The lowest BCUT2D eigenvalue weighted by molar-refractivity contribution is -0.167. The monoisotopic (exact) mass is 365 g/mol. The van der Waals surface area contributed by atoms with E-state index in [4.69, 9.17) is 0 Å². The van der Waals surface area contributed by atoms with E-state index in [1.165, 1.54) is 4.68 Å². The number of benzene rings is 1. The van der Waals surface area contributed by atoms with E-state index in [0.29, 0.717) is 18.8 Å². The Morgan fingerprint density at radius 1 is 1.31 bits per heavy atom. The predicted octanol–water partition coefficient (Wildman–Crippen LogP) is 2.27. The average Bonchev–Trinajstić information content (AvgIpc) is 3.17. The lowest BCUT2D eigenvalue weighted by Gasteiger charge is -2.27. The van der Waals surface area contributed by atoms with E-state index in [2.05, 4.69) is 20.4 Å². The quantitative estimate of drug-likeness (QED) is 0.752. The van der Waals surface area contributed by atoms with Crippen molar-refractivity contribution in [3.8, 4) is 0 Å². The van der Waals surface area contributed by atoms with Crippen molar-refractivity contribution in [3.05, 3.63) is 30.1 Å². The summed E-state index contributed by atoms with van der Waals surface area (Å²) in [5.74, 6) is -1.98. The second-order valence-corrected chi connectivity index (χ2v) is 6.24. The molecule has 11 heteroatoms. The summed E-state index contributed by atoms with van der Waals surface area (Å²) in [4.78, 5) is 15.1. The second-order valence-electron chi connectivity index (χ2n) is 6.24. The summed E-state index contributed by atoms with van der Waals surface area (Å²) in [7, 11) is 0. The highest BCUT2D eigenvalue weighted by Crippen LogP contribution is 2.33. The molecule has 2 atom stereocenters. The van der Waals surface area contributed by atoms with Gasteiger partial charge in [0.05, 0.1) is 18.1 Å². The van der Waals surface area contributed by atoms with Crippen molar-refractivity contribution in [2.75, 3.05) is 5.32 Å². The minimum atomic E-state index is -4.99. The van der Waals surface area contributed by atoms with Crippen molar-refractivity contribution in [2.45, 2.75) is 38.0 Å². The van der Waals surface area contributed by atoms with Crippen LogP contribution in [0.4, 0.5) is 19.1 Å². The number of amides is 1. The molecule has 26 heavy (non-hydrogen) atoms. The van der Waals surface area contributed by atoms with Gasteiger partial charge in [-0.2, -0.15) is 18.2 Å². The van der Waals surface area contributed by atoms with E-state index in [1.54, 1.807) is 10.00 Å². The summed E-state index contributed by atoms with van der Waals surface area (Å²) in [6.45, 7) is 2.28. The van der Waals surface area contributed by atoms with Gasteiger partial charge in [0.2, 0.25) is 5.95 Å². The number of anilines is 1. The molecule has 0 radical (unpaired) electrons. The Morgan fingerprint density at radius 2 is 2.08 bits per heavy atom. The zero-order valence-electron chi connectivity index (χ0n) is 13.6. The normalized spacial score (nSPS) is 20.2. The number of nitrogens with one attached hydrogen (secondary N) is 1. The SMILES string of the molecule is CC1CC(n2nnc3ccccc32)Cn2nc(NC(=O)C(F)(F)F)nc21. The molecule has 1 aliphatic rings. The summed E-state index contributed by atoms with van der Waals surface area (Å²) in [5.41, 5.74) is 1.64. The number of fused-ring (bicyclic) bond motifs is 2. The predicted molar refractivity (Wildman–Crippen MR) is 84.3 cm³/mol. The van der Waals surface area contributed by atoms with Gasteiger partial charge < -0.3 is 0 Å². The average molecular weight is 365 g/mol. The molecule has 0 saturated heterocycles. The standard InChI is InChI=1S/C15H14F3N7O/c1-8-6-9(25-11-5-3-2-4-10(11)21-23-25)7-24-12(8)19-14(22-24)20-13(26)15(16,17)18/h2-5,8-9H,6-7H2,1H3,(H,20,22,26). The number of rotatable bonds is 2. The van der Waals surface area contributed by atoms with Gasteiger partial charge in [0, 0.05) is 5.92 Å². The van der Waals surface area contributed by atoms with Gasteiger partial charge >= 0.3 is 12.1 Å². The van der Waals surface area contributed by atoms with Gasteiger partial charge in [0.1, 0.15) is 11.3 Å². The Kier molecular flexibility index (Phi) is 3.67. The number of aromatic nitrogens is 6. The molecule has 0 bridgehead atoms. The Labute approximate surface area is 145 Å². The highest BCUT2D eigenvalue weighted by atomic mass is 19.4. The third kappa shape index (κ3) is 2.78. The summed E-state index contributed by atoms with van der Waals surface area (Å²) < 4.78 is 40.5. The maximum atomic E-state index is 12.4. The maximum Gasteiger partial charge on any atom is 0.471 e. The molecule has 3 aromatic rings. The van der Waals surface area contributed by atoms with E-state index in [9.17, 15) is 18.0 Å². The van der Waals surface area contributed by atoms with Crippen LogP contribution in [0.25, 0.3) is 11.0 Å². The molecular formula is C15H14F3N7O. The van der Waals surface area contributed by atoms with Crippen LogP contribution in [-0.4, -0.2) is 41.8 Å². The summed E-state index contributed by atoms with van der Waals surface area (Å²) in [5, 5.41) is 14.0. The van der Waals surface area contributed by atoms with E-state index in [1.807, 2.05) is 31.2 Å². The molecular weight excluding hydrogens is 351 g/mol. The van der Waals surface area contributed by atoms with Gasteiger partial charge in [0.15, 0.2) is 0 Å². The molecule has 3 heterocycles. The largest absolute Gasteiger partial charge is 0.471 e. The van der Waals surface area contributed by atoms with Crippen molar-refractivity contribution in [3.63, 3.8) is 0 Å². The van der Waals surface area contributed by atoms with Crippen LogP contribution >= 0.6 is 0 Å². The minimum absolute atomic E-state index is 0.0687. The molecule has 4 rings (SSSR count).